The maximum atomic E-state index is 11.6. The molecule has 1 saturated heterocycles. The number of primary amides is 1. The number of halogens is 1. The highest BCUT2D eigenvalue weighted by Gasteiger charge is 2.48. The third kappa shape index (κ3) is 1.73. The Morgan fingerprint density at radius 3 is 3.00 bits per heavy atom. The number of aromatic nitrogens is 1. The number of pyridine rings is 1. The van der Waals surface area contributed by atoms with Crippen molar-refractivity contribution in [3.63, 3.8) is 0 Å². The van der Waals surface area contributed by atoms with Gasteiger partial charge in [-0.3, -0.25) is 4.79 Å². The third-order valence-electron chi connectivity index (χ3n) is 3.84. The largest absolute Gasteiger partial charge is 0.368 e. The monoisotopic (exact) mass is 295 g/mol. The van der Waals surface area contributed by atoms with Gasteiger partial charge in [0.15, 0.2) is 0 Å². The lowest BCUT2D eigenvalue weighted by Gasteiger charge is -2.34. The Morgan fingerprint density at radius 1 is 1.47 bits per heavy atom. The Morgan fingerprint density at radius 2 is 2.29 bits per heavy atom. The zero-order chi connectivity index (χ0) is 12.0. The minimum Gasteiger partial charge on any atom is -0.368 e. The number of fused-ring (bicyclic) bond motifs is 2. The average molecular weight is 296 g/mol. The summed E-state index contributed by atoms with van der Waals surface area (Å²) in [5.41, 5.74) is 5.53. The lowest BCUT2D eigenvalue weighted by atomic mass is 9.98. The summed E-state index contributed by atoms with van der Waals surface area (Å²) in [4.78, 5) is 18.2. The molecule has 2 N–H and O–H groups in total. The van der Waals surface area contributed by atoms with Crippen LogP contribution in [0.3, 0.4) is 0 Å². The quantitative estimate of drug-likeness (QED) is 0.845. The fraction of sp³-hybridized carbons (Fsp3) is 0.500. The first kappa shape index (κ1) is 11.0. The molecular weight excluding hydrogens is 282 g/mol. The maximum Gasteiger partial charge on any atom is 0.240 e. The number of carbonyl (C=O) groups is 1. The molecule has 17 heavy (non-hydrogen) atoms. The molecule has 90 valence electrons. The summed E-state index contributed by atoms with van der Waals surface area (Å²) >= 11 is 3.37. The molecule has 2 aliphatic rings. The van der Waals surface area contributed by atoms with Crippen LogP contribution in [0.25, 0.3) is 0 Å². The summed E-state index contributed by atoms with van der Waals surface area (Å²) < 4.78 is 0.793. The summed E-state index contributed by atoms with van der Waals surface area (Å²) in [5, 5.41) is 0. The van der Waals surface area contributed by atoms with E-state index in [1.807, 2.05) is 18.2 Å². The number of piperidine rings is 1. The van der Waals surface area contributed by atoms with Crippen LogP contribution in [-0.4, -0.2) is 23.0 Å². The molecule has 3 atom stereocenters. The van der Waals surface area contributed by atoms with Crippen molar-refractivity contribution >= 4 is 27.7 Å². The number of carbonyl (C=O) groups excluding carboxylic acids is 1. The molecule has 0 spiro atoms. The van der Waals surface area contributed by atoms with Crippen LogP contribution in [0.4, 0.5) is 5.82 Å². The Bertz CT molecular complexity index is 465. The molecule has 2 heterocycles. The summed E-state index contributed by atoms with van der Waals surface area (Å²) in [5.74, 6) is 1.05. The van der Waals surface area contributed by atoms with Gasteiger partial charge in [-0.25, -0.2) is 4.98 Å². The Labute approximate surface area is 108 Å². The first-order valence-corrected chi connectivity index (χ1v) is 6.66. The number of nitrogens with zero attached hydrogens (tertiary/aromatic N) is 2. The Balaban J connectivity index is 1.98. The molecule has 4 nitrogen and oxygen atoms in total. The van der Waals surface area contributed by atoms with E-state index >= 15 is 0 Å². The highest BCUT2D eigenvalue weighted by molar-refractivity contribution is 9.10. The second kappa shape index (κ2) is 3.98. The number of hydrogen-bond acceptors (Lipinski definition) is 3. The van der Waals surface area contributed by atoms with Gasteiger partial charge in [-0.05, 0) is 53.2 Å². The van der Waals surface area contributed by atoms with Crippen LogP contribution in [0.15, 0.2) is 22.8 Å². The lowest BCUT2D eigenvalue weighted by Crippen LogP contribution is -2.49. The molecule has 3 rings (SSSR count). The fourth-order valence-electron chi connectivity index (χ4n) is 3.23. The lowest BCUT2D eigenvalue weighted by molar-refractivity contribution is -0.120. The van der Waals surface area contributed by atoms with E-state index in [-0.39, 0.29) is 11.9 Å². The first-order chi connectivity index (χ1) is 8.16. The molecule has 3 unspecified atom stereocenters. The SMILES string of the molecule is NC(=O)C1C2CCC(C2)N1c1cccc(Br)n1. The highest BCUT2D eigenvalue weighted by atomic mass is 79.9. The van der Waals surface area contributed by atoms with Crippen LogP contribution in [-0.2, 0) is 4.79 Å². The highest BCUT2D eigenvalue weighted by Crippen LogP contribution is 2.44. The number of anilines is 1. The predicted molar refractivity (Wildman–Crippen MR) is 68.5 cm³/mol. The van der Waals surface area contributed by atoms with E-state index < -0.39 is 0 Å². The second-order valence-corrected chi connectivity index (χ2v) is 5.61. The molecule has 1 aromatic rings. The Kier molecular flexibility index (Phi) is 2.58. The number of rotatable bonds is 2. The van der Waals surface area contributed by atoms with Gasteiger partial charge >= 0.3 is 0 Å². The van der Waals surface area contributed by atoms with Crippen molar-refractivity contribution in [1.29, 1.82) is 0 Å². The topological polar surface area (TPSA) is 59.2 Å². The zero-order valence-corrected chi connectivity index (χ0v) is 10.9. The smallest absolute Gasteiger partial charge is 0.240 e. The van der Waals surface area contributed by atoms with Crippen molar-refractivity contribution in [3.8, 4) is 0 Å². The molecule has 0 aromatic carbocycles. The molecule has 2 bridgehead atoms. The standard InChI is InChI=1S/C12H14BrN3O/c13-9-2-1-3-10(15-9)16-8-5-4-7(6-8)11(16)12(14)17/h1-3,7-8,11H,4-6H2,(H2,14,17). The van der Waals surface area contributed by atoms with Crippen LogP contribution in [0.2, 0.25) is 0 Å². The van der Waals surface area contributed by atoms with Crippen LogP contribution >= 0.6 is 15.9 Å². The zero-order valence-electron chi connectivity index (χ0n) is 9.34. The van der Waals surface area contributed by atoms with Crippen LogP contribution in [0.1, 0.15) is 19.3 Å². The van der Waals surface area contributed by atoms with Gasteiger partial charge in [0.25, 0.3) is 0 Å². The minimum atomic E-state index is -0.223. The van der Waals surface area contributed by atoms with Crippen molar-refractivity contribution in [1.82, 2.24) is 4.98 Å². The van der Waals surface area contributed by atoms with E-state index in [2.05, 4.69) is 25.8 Å². The van der Waals surface area contributed by atoms with Crippen molar-refractivity contribution in [2.75, 3.05) is 4.90 Å². The minimum absolute atomic E-state index is 0.171. The Hall–Kier alpha value is -1.10. The van der Waals surface area contributed by atoms with Gasteiger partial charge < -0.3 is 10.6 Å². The predicted octanol–water partition coefficient (Wildman–Crippen LogP) is 1.69. The average Bonchev–Trinajstić information content (AvgIpc) is 2.88. The molecular formula is C12H14BrN3O. The molecule has 2 fully saturated rings. The molecule has 1 aromatic heterocycles. The summed E-state index contributed by atoms with van der Waals surface area (Å²) in [6.45, 7) is 0. The molecule has 1 amide bonds. The number of hydrogen-bond donors (Lipinski definition) is 1. The van der Waals surface area contributed by atoms with Crippen molar-refractivity contribution in [2.24, 2.45) is 11.7 Å². The van der Waals surface area contributed by atoms with E-state index in [1.54, 1.807) is 0 Å². The van der Waals surface area contributed by atoms with E-state index in [0.717, 1.165) is 29.7 Å². The van der Waals surface area contributed by atoms with Gasteiger partial charge in [0.1, 0.15) is 16.5 Å². The van der Waals surface area contributed by atoms with Crippen molar-refractivity contribution in [2.45, 2.75) is 31.3 Å². The van der Waals surface area contributed by atoms with Gasteiger partial charge in [-0.15, -0.1) is 0 Å². The van der Waals surface area contributed by atoms with Gasteiger partial charge in [-0.2, -0.15) is 0 Å². The van der Waals surface area contributed by atoms with Gasteiger partial charge in [0.05, 0.1) is 0 Å². The summed E-state index contributed by atoms with van der Waals surface area (Å²) in [6, 6.07) is 6.03. The normalized spacial score (nSPS) is 30.9. The molecule has 1 saturated carbocycles. The fourth-order valence-corrected chi connectivity index (χ4v) is 3.56. The second-order valence-electron chi connectivity index (χ2n) is 4.80. The van der Waals surface area contributed by atoms with Gasteiger partial charge in [0.2, 0.25) is 5.91 Å². The van der Waals surface area contributed by atoms with Crippen molar-refractivity contribution < 1.29 is 4.79 Å². The number of amides is 1. The van der Waals surface area contributed by atoms with Crippen LogP contribution in [0.5, 0.6) is 0 Å². The molecule has 5 heteroatoms. The molecule has 1 aliphatic carbocycles. The van der Waals surface area contributed by atoms with E-state index in [4.69, 9.17) is 5.73 Å². The van der Waals surface area contributed by atoms with Gasteiger partial charge in [0, 0.05) is 6.04 Å². The molecule has 0 radical (unpaired) electrons. The van der Waals surface area contributed by atoms with E-state index in [9.17, 15) is 4.79 Å². The van der Waals surface area contributed by atoms with Gasteiger partial charge in [-0.1, -0.05) is 6.07 Å². The maximum absolute atomic E-state index is 11.6. The molecule has 1 aliphatic heterocycles. The van der Waals surface area contributed by atoms with Crippen LogP contribution < -0.4 is 10.6 Å². The summed E-state index contributed by atoms with van der Waals surface area (Å²) in [6.07, 6.45) is 3.33. The van der Waals surface area contributed by atoms with Crippen molar-refractivity contribution in [3.05, 3.63) is 22.8 Å². The van der Waals surface area contributed by atoms with E-state index in [0.29, 0.717) is 12.0 Å². The van der Waals surface area contributed by atoms with E-state index in [1.165, 1.54) is 0 Å². The van der Waals surface area contributed by atoms with Crippen LogP contribution in [0, 0.1) is 5.92 Å². The third-order valence-corrected chi connectivity index (χ3v) is 4.28. The summed E-state index contributed by atoms with van der Waals surface area (Å²) in [7, 11) is 0. The number of nitrogens with two attached hydrogens (primary N) is 1. The first-order valence-electron chi connectivity index (χ1n) is 5.87.